The van der Waals surface area contributed by atoms with Gasteiger partial charge in [-0.2, -0.15) is 0 Å². The Balaban J connectivity index is 2.15. The van der Waals surface area contributed by atoms with Crippen molar-refractivity contribution in [1.82, 2.24) is 5.32 Å². The molecule has 0 radical (unpaired) electrons. The molecule has 0 saturated carbocycles. The number of hydrogen-bond donors (Lipinski definition) is 3. The van der Waals surface area contributed by atoms with Crippen molar-refractivity contribution >= 4 is 11.6 Å². The van der Waals surface area contributed by atoms with E-state index in [0.717, 1.165) is 31.4 Å². The van der Waals surface area contributed by atoms with Gasteiger partial charge < -0.3 is 15.7 Å². The van der Waals surface area contributed by atoms with Gasteiger partial charge in [0.15, 0.2) is 0 Å². The Morgan fingerprint density at radius 1 is 1.50 bits per heavy atom. The summed E-state index contributed by atoms with van der Waals surface area (Å²) < 4.78 is 0. The minimum atomic E-state index is -0.221. The molecule has 3 N–H and O–H groups in total. The van der Waals surface area contributed by atoms with Crippen LogP contribution in [0.2, 0.25) is 0 Å². The lowest BCUT2D eigenvalue weighted by Crippen LogP contribution is -2.53. The quantitative estimate of drug-likeness (QED) is 0.744. The molecule has 20 heavy (non-hydrogen) atoms. The Labute approximate surface area is 120 Å². The van der Waals surface area contributed by atoms with E-state index in [1.807, 2.05) is 19.1 Å². The van der Waals surface area contributed by atoms with E-state index in [-0.39, 0.29) is 23.1 Å². The van der Waals surface area contributed by atoms with Gasteiger partial charge >= 0.3 is 0 Å². The zero-order valence-electron chi connectivity index (χ0n) is 12.5. The number of amides is 1. The molecule has 1 atom stereocenters. The second kappa shape index (κ2) is 5.83. The first kappa shape index (κ1) is 14.9. The summed E-state index contributed by atoms with van der Waals surface area (Å²) in [6.45, 7) is 7.11. The molecule has 1 aromatic carbocycles. The number of aromatic hydroxyl groups is 1. The van der Waals surface area contributed by atoms with E-state index in [0.29, 0.717) is 5.69 Å². The summed E-state index contributed by atoms with van der Waals surface area (Å²) in [5.41, 5.74) is 1.52. The van der Waals surface area contributed by atoms with Crippen LogP contribution in [0, 0.1) is 5.41 Å². The number of piperidine rings is 1. The van der Waals surface area contributed by atoms with Crippen LogP contribution < -0.4 is 10.6 Å². The van der Waals surface area contributed by atoms with Crippen LogP contribution >= 0.6 is 0 Å². The van der Waals surface area contributed by atoms with Crippen molar-refractivity contribution in [1.29, 1.82) is 0 Å². The van der Waals surface area contributed by atoms with Crippen molar-refractivity contribution in [3.8, 4) is 5.75 Å². The fourth-order valence-electron chi connectivity index (χ4n) is 2.77. The number of anilines is 1. The molecule has 2 rings (SSSR count). The van der Waals surface area contributed by atoms with Crippen LogP contribution in [0.3, 0.4) is 0 Å². The van der Waals surface area contributed by atoms with E-state index < -0.39 is 0 Å². The maximum atomic E-state index is 12.5. The molecule has 110 valence electrons. The number of nitrogens with one attached hydrogen (secondary N) is 2. The fraction of sp³-hybridized carbons (Fsp3) is 0.562. The first-order valence-electron chi connectivity index (χ1n) is 7.30. The number of carbonyl (C=O) groups excluding carboxylic acids is 1. The van der Waals surface area contributed by atoms with Crippen LogP contribution in [0.4, 0.5) is 5.69 Å². The molecule has 1 aromatic rings. The maximum Gasteiger partial charge on any atom is 0.242 e. The average molecular weight is 276 g/mol. The normalized spacial score (nSPS) is 21.4. The Hall–Kier alpha value is -1.55. The maximum absolute atomic E-state index is 12.5. The number of rotatable bonds is 3. The van der Waals surface area contributed by atoms with Gasteiger partial charge in [0.1, 0.15) is 5.75 Å². The highest BCUT2D eigenvalue weighted by Gasteiger charge is 2.37. The molecular formula is C16H24N2O2. The lowest BCUT2D eigenvalue weighted by atomic mass is 9.77. The summed E-state index contributed by atoms with van der Waals surface area (Å²) in [5.74, 6) is 0.0439. The van der Waals surface area contributed by atoms with Gasteiger partial charge in [-0.25, -0.2) is 0 Å². The highest BCUT2D eigenvalue weighted by molar-refractivity contribution is 5.96. The van der Waals surface area contributed by atoms with Crippen LogP contribution in [0.25, 0.3) is 0 Å². The highest BCUT2D eigenvalue weighted by Crippen LogP contribution is 2.32. The molecule has 1 aliphatic heterocycles. The highest BCUT2D eigenvalue weighted by atomic mass is 16.3. The largest absolute Gasteiger partial charge is 0.506 e. The van der Waals surface area contributed by atoms with Gasteiger partial charge in [0, 0.05) is 0 Å². The smallest absolute Gasteiger partial charge is 0.242 e. The first-order valence-corrected chi connectivity index (χ1v) is 7.30. The standard InChI is InChI=1S/C16H24N2O2/c1-4-11-6-7-13(19)12(10-11)18-15(20)14-16(2,3)8-5-9-17-14/h6-7,10,14,17,19H,4-5,8-9H2,1-3H3,(H,18,20). The zero-order valence-corrected chi connectivity index (χ0v) is 12.5. The van der Waals surface area contributed by atoms with Crippen molar-refractivity contribution in [2.45, 2.75) is 46.1 Å². The SMILES string of the molecule is CCc1ccc(O)c(NC(=O)C2NCCCC2(C)C)c1. The molecule has 0 bridgehead atoms. The van der Waals surface area contributed by atoms with Gasteiger partial charge in [-0.1, -0.05) is 26.8 Å². The second-order valence-corrected chi connectivity index (χ2v) is 6.17. The second-order valence-electron chi connectivity index (χ2n) is 6.17. The van der Waals surface area contributed by atoms with Crippen LogP contribution in [-0.4, -0.2) is 23.6 Å². The summed E-state index contributed by atoms with van der Waals surface area (Å²) in [5, 5.41) is 16.0. The minimum Gasteiger partial charge on any atom is -0.506 e. The van der Waals surface area contributed by atoms with Gasteiger partial charge in [0.2, 0.25) is 5.91 Å². The molecule has 0 aromatic heterocycles. The number of aryl methyl sites for hydroxylation is 1. The minimum absolute atomic E-state index is 0.0691. The summed E-state index contributed by atoms with van der Waals surface area (Å²) in [4.78, 5) is 12.5. The van der Waals surface area contributed by atoms with E-state index in [1.54, 1.807) is 6.07 Å². The molecule has 1 fully saturated rings. The fourth-order valence-corrected chi connectivity index (χ4v) is 2.77. The van der Waals surface area contributed by atoms with Gasteiger partial charge in [0.25, 0.3) is 0 Å². The van der Waals surface area contributed by atoms with Crippen LogP contribution in [-0.2, 0) is 11.2 Å². The predicted octanol–water partition coefficient (Wildman–Crippen LogP) is 2.67. The summed E-state index contributed by atoms with van der Waals surface area (Å²) in [6, 6.07) is 5.12. The third-order valence-corrected chi connectivity index (χ3v) is 4.12. The first-order chi connectivity index (χ1) is 9.44. The van der Waals surface area contributed by atoms with Crippen molar-refractivity contribution in [3.05, 3.63) is 23.8 Å². The molecule has 1 aliphatic rings. The molecule has 0 aliphatic carbocycles. The number of phenolic OH excluding ortho intramolecular Hbond substituents is 1. The summed E-state index contributed by atoms with van der Waals surface area (Å²) in [7, 11) is 0. The van der Waals surface area contributed by atoms with E-state index in [9.17, 15) is 9.90 Å². The molecule has 1 heterocycles. The van der Waals surface area contributed by atoms with E-state index in [1.165, 1.54) is 0 Å². The Kier molecular flexibility index (Phi) is 4.33. The number of carbonyl (C=O) groups is 1. The van der Waals surface area contributed by atoms with Crippen LogP contribution in [0.15, 0.2) is 18.2 Å². The predicted molar refractivity (Wildman–Crippen MR) is 80.9 cm³/mol. The third kappa shape index (κ3) is 3.12. The molecular weight excluding hydrogens is 252 g/mol. The van der Waals surface area contributed by atoms with Crippen molar-refractivity contribution < 1.29 is 9.90 Å². The van der Waals surface area contributed by atoms with E-state index in [2.05, 4.69) is 24.5 Å². The van der Waals surface area contributed by atoms with Gasteiger partial charge in [-0.15, -0.1) is 0 Å². The monoisotopic (exact) mass is 276 g/mol. The van der Waals surface area contributed by atoms with Crippen molar-refractivity contribution in [2.75, 3.05) is 11.9 Å². The van der Waals surface area contributed by atoms with Gasteiger partial charge in [-0.3, -0.25) is 4.79 Å². The molecule has 4 heteroatoms. The Bertz CT molecular complexity index is 497. The van der Waals surface area contributed by atoms with Gasteiger partial charge in [-0.05, 0) is 48.9 Å². The molecule has 4 nitrogen and oxygen atoms in total. The van der Waals surface area contributed by atoms with Crippen LogP contribution in [0.5, 0.6) is 5.75 Å². The van der Waals surface area contributed by atoms with Crippen molar-refractivity contribution in [3.63, 3.8) is 0 Å². The summed E-state index contributed by atoms with van der Waals surface area (Å²) >= 11 is 0. The summed E-state index contributed by atoms with van der Waals surface area (Å²) in [6.07, 6.45) is 2.99. The number of hydrogen-bond acceptors (Lipinski definition) is 3. The Morgan fingerprint density at radius 2 is 2.25 bits per heavy atom. The topological polar surface area (TPSA) is 61.4 Å². The zero-order chi connectivity index (χ0) is 14.8. The third-order valence-electron chi connectivity index (χ3n) is 4.12. The number of benzene rings is 1. The molecule has 1 saturated heterocycles. The molecule has 1 unspecified atom stereocenters. The number of phenols is 1. The Morgan fingerprint density at radius 3 is 2.90 bits per heavy atom. The molecule has 0 spiro atoms. The van der Waals surface area contributed by atoms with Crippen molar-refractivity contribution in [2.24, 2.45) is 5.41 Å². The van der Waals surface area contributed by atoms with Crippen LogP contribution in [0.1, 0.15) is 39.2 Å². The lowest BCUT2D eigenvalue weighted by molar-refractivity contribution is -0.121. The van der Waals surface area contributed by atoms with Gasteiger partial charge in [0.05, 0.1) is 11.7 Å². The average Bonchev–Trinajstić information content (AvgIpc) is 2.40. The van der Waals surface area contributed by atoms with E-state index in [4.69, 9.17) is 0 Å². The molecule has 1 amide bonds. The van der Waals surface area contributed by atoms with E-state index >= 15 is 0 Å². The lowest BCUT2D eigenvalue weighted by Gasteiger charge is -2.38.